The van der Waals surface area contributed by atoms with E-state index in [0.717, 1.165) is 24.8 Å². The predicted molar refractivity (Wildman–Crippen MR) is 87.3 cm³/mol. The average Bonchev–Trinajstić information content (AvgIpc) is 2.93. The Morgan fingerprint density at radius 1 is 1.22 bits per heavy atom. The molecular weight excluding hydrogens is 314 g/mol. The molecule has 6 nitrogen and oxygen atoms in total. The molecule has 23 heavy (non-hydrogen) atoms. The number of unbranched alkanes of at least 4 members (excludes halogenated alkanes) is 1. The monoisotopic (exact) mass is 335 g/mol. The fourth-order valence-corrected chi connectivity index (χ4v) is 3.14. The van der Waals surface area contributed by atoms with Crippen molar-refractivity contribution in [2.75, 3.05) is 0 Å². The minimum absolute atomic E-state index is 0.0214. The van der Waals surface area contributed by atoms with Crippen molar-refractivity contribution in [3.05, 3.63) is 47.8 Å². The molecule has 0 aliphatic heterocycles. The molecule has 0 fully saturated rings. The molecular formula is C16H21N3O3S. The number of amides is 1. The summed E-state index contributed by atoms with van der Waals surface area (Å²) >= 11 is 0. The third kappa shape index (κ3) is 4.92. The van der Waals surface area contributed by atoms with Gasteiger partial charge in [0.05, 0.1) is 12.6 Å². The first-order valence-electron chi connectivity index (χ1n) is 7.53. The van der Waals surface area contributed by atoms with Crippen LogP contribution in [0.5, 0.6) is 0 Å². The smallest absolute Gasteiger partial charge is 0.267 e. The normalized spacial score (nSPS) is 11.4. The fourth-order valence-electron chi connectivity index (χ4n) is 2.17. The van der Waals surface area contributed by atoms with E-state index < -0.39 is 15.9 Å². The minimum atomic E-state index is -3.86. The Morgan fingerprint density at radius 3 is 2.43 bits per heavy atom. The van der Waals surface area contributed by atoms with Crippen LogP contribution in [0.2, 0.25) is 0 Å². The Kier molecular flexibility index (Phi) is 5.54. The van der Waals surface area contributed by atoms with E-state index in [-0.39, 0.29) is 11.3 Å². The van der Waals surface area contributed by atoms with Gasteiger partial charge in [-0.1, -0.05) is 37.6 Å². The molecule has 2 aromatic rings. The van der Waals surface area contributed by atoms with Crippen LogP contribution < -0.4 is 4.72 Å². The van der Waals surface area contributed by atoms with Crippen molar-refractivity contribution in [1.82, 2.24) is 14.5 Å². The van der Waals surface area contributed by atoms with E-state index >= 15 is 0 Å². The lowest BCUT2D eigenvalue weighted by atomic mass is 10.0. The van der Waals surface area contributed by atoms with Gasteiger partial charge in [0.25, 0.3) is 10.0 Å². The van der Waals surface area contributed by atoms with Crippen LogP contribution in [0, 0.1) is 0 Å². The number of aromatic nitrogens is 2. The van der Waals surface area contributed by atoms with E-state index in [1.807, 2.05) is 24.3 Å². The highest BCUT2D eigenvalue weighted by molar-refractivity contribution is 7.90. The molecule has 1 aromatic carbocycles. The lowest BCUT2D eigenvalue weighted by molar-refractivity contribution is -0.118. The molecule has 1 N–H and O–H groups in total. The number of nitrogens with one attached hydrogen (secondary N) is 1. The van der Waals surface area contributed by atoms with Gasteiger partial charge in [-0.25, -0.2) is 13.1 Å². The van der Waals surface area contributed by atoms with Crippen LogP contribution in [-0.4, -0.2) is 24.1 Å². The van der Waals surface area contributed by atoms with E-state index in [9.17, 15) is 13.2 Å². The van der Waals surface area contributed by atoms with Gasteiger partial charge in [0, 0.05) is 13.2 Å². The quantitative estimate of drug-likeness (QED) is 0.837. The van der Waals surface area contributed by atoms with Crippen molar-refractivity contribution in [3.63, 3.8) is 0 Å². The molecule has 0 aliphatic rings. The number of hydrogen-bond acceptors (Lipinski definition) is 4. The van der Waals surface area contributed by atoms with E-state index in [0.29, 0.717) is 0 Å². The Bertz CT molecular complexity index is 764. The molecule has 0 unspecified atom stereocenters. The number of carbonyl (C=O) groups is 1. The zero-order valence-electron chi connectivity index (χ0n) is 13.3. The van der Waals surface area contributed by atoms with Gasteiger partial charge in [0.15, 0.2) is 0 Å². The van der Waals surface area contributed by atoms with Crippen LogP contribution in [0.25, 0.3) is 0 Å². The van der Waals surface area contributed by atoms with Gasteiger partial charge >= 0.3 is 0 Å². The molecule has 2 rings (SSSR count). The summed E-state index contributed by atoms with van der Waals surface area (Å²) in [5.41, 5.74) is 2.00. The predicted octanol–water partition coefficient (Wildman–Crippen LogP) is 1.81. The molecule has 124 valence electrons. The largest absolute Gasteiger partial charge is 0.274 e. The highest BCUT2D eigenvalue weighted by Gasteiger charge is 2.19. The van der Waals surface area contributed by atoms with Gasteiger partial charge < -0.3 is 0 Å². The van der Waals surface area contributed by atoms with Crippen molar-refractivity contribution >= 4 is 15.9 Å². The average molecular weight is 335 g/mol. The Morgan fingerprint density at radius 2 is 1.87 bits per heavy atom. The molecule has 1 aromatic heterocycles. The van der Waals surface area contributed by atoms with Gasteiger partial charge in [0.1, 0.15) is 4.90 Å². The third-order valence-corrected chi connectivity index (χ3v) is 4.77. The number of nitrogens with zero attached hydrogens (tertiary/aromatic N) is 2. The number of rotatable bonds is 7. The highest BCUT2D eigenvalue weighted by atomic mass is 32.2. The van der Waals surface area contributed by atoms with Crippen molar-refractivity contribution < 1.29 is 13.2 Å². The molecule has 0 radical (unpaired) electrons. The van der Waals surface area contributed by atoms with Gasteiger partial charge in [-0.15, -0.1) is 0 Å². The van der Waals surface area contributed by atoms with Crippen molar-refractivity contribution in [2.45, 2.75) is 37.5 Å². The van der Waals surface area contributed by atoms with Crippen LogP contribution in [0.3, 0.4) is 0 Å². The molecule has 1 heterocycles. The molecule has 1 amide bonds. The number of sulfonamides is 1. The summed E-state index contributed by atoms with van der Waals surface area (Å²) in [5.74, 6) is -0.560. The van der Waals surface area contributed by atoms with Gasteiger partial charge in [-0.2, -0.15) is 5.10 Å². The topological polar surface area (TPSA) is 81.1 Å². The molecule has 0 saturated carbocycles. The van der Waals surface area contributed by atoms with Crippen molar-refractivity contribution in [3.8, 4) is 0 Å². The first kappa shape index (κ1) is 17.2. The molecule has 0 aliphatic carbocycles. The summed E-state index contributed by atoms with van der Waals surface area (Å²) in [5, 5.41) is 3.79. The van der Waals surface area contributed by atoms with Gasteiger partial charge in [0.2, 0.25) is 5.91 Å². The lowest BCUT2D eigenvalue weighted by Crippen LogP contribution is -2.31. The summed E-state index contributed by atoms with van der Waals surface area (Å²) in [4.78, 5) is 11.9. The number of hydrogen-bond donors (Lipinski definition) is 1. The molecule has 7 heteroatoms. The van der Waals surface area contributed by atoms with E-state index in [1.165, 1.54) is 22.6 Å². The summed E-state index contributed by atoms with van der Waals surface area (Å²) in [6.45, 7) is 2.14. The van der Waals surface area contributed by atoms with Gasteiger partial charge in [-0.05, 0) is 24.0 Å². The fraction of sp³-hybridized carbons (Fsp3) is 0.375. The second-order valence-electron chi connectivity index (χ2n) is 5.48. The maximum atomic E-state index is 12.0. The Hall–Kier alpha value is -2.15. The standard InChI is InChI=1S/C16H21N3O3S/c1-3-4-5-13-6-8-14(9-7-13)10-16(20)18-23(21,22)15-11-17-19(2)12-15/h6-9,11-12H,3-5,10H2,1-2H3,(H,18,20). The van der Waals surface area contributed by atoms with Crippen molar-refractivity contribution in [2.24, 2.45) is 7.05 Å². The zero-order valence-corrected chi connectivity index (χ0v) is 14.1. The van der Waals surface area contributed by atoms with E-state index in [2.05, 4.69) is 16.7 Å². The van der Waals surface area contributed by atoms with E-state index in [4.69, 9.17) is 0 Å². The molecule has 0 spiro atoms. The summed E-state index contributed by atoms with van der Waals surface area (Å²) < 4.78 is 27.5. The number of aryl methyl sites for hydroxylation is 2. The summed E-state index contributed by atoms with van der Waals surface area (Å²) in [6, 6.07) is 7.68. The SMILES string of the molecule is CCCCc1ccc(CC(=O)NS(=O)(=O)c2cnn(C)c2)cc1. The van der Waals surface area contributed by atoms with Crippen molar-refractivity contribution in [1.29, 1.82) is 0 Å². The second-order valence-corrected chi connectivity index (χ2v) is 7.16. The minimum Gasteiger partial charge on any atom is -0.274 e. The first-order valence-corrected chi connectivity index (χ1v) is 9.01. The number of carbonyl (C=O) groups excluding carboxylic acids is 1. The lowest BCUT2D eigenvalue weighted by Gasteiger charge is -2.06. The second kappa shape index (κ2) is 7.41. The molecule has 0 saturated heterocycles. The third-order valence-electron chi connectivity index (χ3n) is 3.45. The highest BCUT2D eigenvalue weighted by Crippen LogP contribution is 2.10. The summed E-state index contributed by atoms with van der Waals surface area (Å²) in [6.07, 6.45) is 5.85. The first-order chi connectivity index (χ1) is 10.9. The maximum Gasteiger partial charge on any atom is 0.267 e. The van der Waals surface area contributed by atoms with Crippen LogP contribution in [0.4, 0.5) is 0 Å². The van der Waals surface area contributed by atoms with Gasteiger partial charge in [-0.3, -0.25) is 9.48 Å². The van der Waals surface area contributed by atoms with E-state index in [1.54, 1.807) is 7.05 Å². The molecule has 0 atom stereocenters. The van der Waals surface area contributed by atoms with Crippen LogP contribution >= 0.6 is 0 Å². The van der Waals surface area contributed by atoms with Crippen LogP contribution in [0.1, 0.15) is 30.9 Å². The summed E-state index contributed by atoms with van der Waals surface area (Å²) in [7, 11) is -2.25. The molecule has 0 bridgehead atoms. The number of benzene rings is 1. The Labute approximate surface area is 136 Å². The zero-order chi connectivity index (χ0) is 16.9. The van der Waals surface area contributed by atoms with Crippen LogP contribution in [-0.2, 0) is 34.7 Å². The Balaban J connectivity index is 1.96. The van der Waals surface area contributed by atoms with Crippen LogP contribution in [0.15, 0.2) is 41.6 Å². The maximum absolute atomic E-state index is 12.0.